The highest BCUT2D eigenvalue weighted by Crippen LogP contribution is 2.30. The van der Waals surface area contributed by atoms with Crippen LogP contribution in [-0.4, -0.2) is 25.0 Å². The Labute approximate surface area is 117 Å². The molecule has 5 nitrogen and oxygen atoms in total. The van der Waals surface area contributed by atoms with Crippen LogP contribution in [0.25, 0.3) is 0 Å². The molecule has 0 spiro atoms. The van der Waals surface area contributed by atoms with Crippen LogP contribution in [0.1, 0.15) is 16.1 Å². The van der Waals surface area contributed by atoms with E-state index in [9.17, 15) is 4.79 Å². The maximum absolute atomic E-state index is 11.8. The first-order valence-electron chi connectivity index (χ1n) is 6.18. The van der Waals surface area contributed by atoms with Crippen LogP contribution in [0.4, 0.5) is 0 Å². The number of ether oxygens (including phenoxy) is 2. The lowest BCUT2D eigenvalue weighted by atomic mass is 10.2. The Morgan fingerprint density at radius 3 is 2.65 bits per heavy atom. The van der Waals surface area contributed by atoms with Gasteiger partial charge in [0.15, 0.2) is 17.2 Å². The molecule has 1 aromatic carbocycles. The second-order valence-corrected chi connectivity index (χ2v) is 4.04. The molecule has 0 atom stereocenters. The fourth-order valence-electron chi connectivity index (χ4n) is 1.74. The van der Waals surface area contributed by atoms with Crippen LogP contribution in [0.15, 0.2) is 42.6 Å². The molecule has 5 heteroatoms. The molecule has 0 saturated carbocycles. The summed E-state index contributed by atoms with van der Waals surface area (Å²) in [6.07, 6.45) is 1.51. The Hall–Kier alpha value is -2.56. The van der Waals surface area contributed by atoms with E-state index in [1.165, 1.54) is 13.3 Å². The molecule has 2 rings (SSSR count). The highest BCUT2D eigenvalue weighted by molar-refractivity contribution is 5.95. The van der Waals surface area contributed by atoms with E-state index in [1.807, 2.05) is 30.3 Å². The van der Waals surface area contributed by atoms with Gasteiger partial charge in [-0.2, -0.15) is 0 Å². The summed E-state index contributed by atoms with van der Waals surface area (Å²) in [7, 11) is 3.07. The van der Waals surface area contributed by atoms with Gasteiger partial charge in [-0.1, -0.05) is 30.3 Å². The first kappa shape index (κ1) is 13.9. The number of pyridine rings is 1. The van der Waals surface area contributed by atoms with E-state index in [0.29, 0.717) is 18.1 Å². The molecule has 1 N–H and O–H groups in total. The number of hydrogen-bond acceptors (Lipinski definition) is 4. The number of amides is 1. The Kier molecular flexibility index (Phi) is 4.55. The van der Waals surface area contributed by atoms with Gasteiger partial charge in [0, 0.05) is 19.3 Å². The number of nitrogens with one attached hydrogen (secondary N) is 1. The van der Waals surface area contributed by atoms with E-state index in [1.54, 1.807) is 13.1 Å². The number of carbonyl (C=O) groups is 1. The molecule has 20 heavy (non-hydrogen) atoms. The molecule has 1 amide bonds. The predicted molar refractivity (Wildman–Crippen MR) is 75.0 cm³/mol. The molecule has 0 saturated heterocycles. The van der Waals surface area contributed by atoms with Gasteiger partial charge in [0.1, 0.15) is 6.61 Å². The van der Waals surface area contributed by atoms with E-state index in [0.717, 1.165) is 5.56 Å². The molecule has 0 radical (unpaired) electrons. The number of aromatic nitrogens is 1. The van der Waals surface area contributed by atoms with E-state index in [4.69, 9.17) is 9.47 Å². The minimum atomic E-state index is -0.313. The number of hydrogen-bond donors (Lipinski definition) is 1. The Morgan fingerprint density at radius 1 is 1.25 bits per heavy atom. The van der Waals surface area contributed by atoms with Crippen LogP contribution in [0, 0.1) is 0 Å². The van der Waals surface area contributed by atoms with Gasteiger partial charge in [-0.25, -0.2) is 4.98 Å². The fraction of sp³-hybridized carbons (Fsp3) is 0.200. The smallest absolute Gasteiger partial charge is 0.273 e. The van der Waals surface area contributed by atoms with Crippen molar-refractivity contribution in [2.24, 2.45) is 0 Å². The average molecular weight is 272 g/mol. The first-order valence-corrected chi connectivity index (χ1v) is 6.18. The third-order valence-corrected chi connectivity index (χ3v) is 2.76. The van der Waals surface area contributed by atoms with Gasteiger partial charge in [0.25, 0.3) is 5.91 Å². The maximum Gasteiger partial charge on any atom is 0.273 e. The number of benzene rings is 1. The molecular formula is C15H16N2O3. The minimum Gasteiger partial charge on any atom is -0.493 e. The van der Waals surface area contributed by atoms with Crippen molar-refractivity contribution in [2.45, 2.75) is 6.61 Å². The van der Waals surface area contributed by atoms with Crippen molar-refractivity contribution in [3.63, 3.8) is 0 Å². The molecule has 0 fully saturated rings. The summed E-state index contributed by atoms with van der Waals surface area (Å²) in [5, 5.41) is 2.53. The molecule has 0 aliphatic rings. The predicted octanol–water partition coefficient (Wildman–Crippen LogP) is 2.03. The number of nitrogens with zero attached hydrogens (tertiary/aromatic N) is 1. The third kappa shape index (κ3) is 3.06. The minimum absolute atomic E-state index is 0.211. The van der Waals surface area contributed by atoms with Crippen molar-refractivity contribution in [3.05, 3.63) is 53.9 Å². The Balaban J connectivity index is 2.26. The number of rotatable bonds is 5. The van der Waals surface area contributed by atoms with Crippen molar-refractivity contribution in [1.29, 1.82) is 0 Å². The quantitative estimate of drug-likeness (QED) is 0.904. The summed E-state index contributed by atoms with van der Waals surface area (Å²) in [5.41, 5.74) is 1.21. The standard InChI is InChI=1S/C15H16N2O3/c1-16-15(18)13-14(12(19-2)8-9-17-13)20-10-11-6-4-3-5-7-11/h3-9H,10H2,1-2H3,(H,16,18). The summed E-state index contributed by atoms with van der Waals surface area (Å²) in [6.45, 7) is 0.340. The van der Waals surface area contributed by atoms with Crippen LogP contribution in [0.2, 0.25) is 0 Å². The van der Waals surface area contributed by atoms with Gasteiger partial charge in [0.05, 0.1) is 7.11 Å². The summed E-state index contributed by atoms with van der Waals surface area (Å²) < 4.78 is 10.9. The zero-order chi connectivity index (χ0) is 14.4. The molecular weight excluding hydrogens is 256 g/mol. The normalized spacial score (nSPS) is 9.90. The van der Waals surface area contributed by atoms with Gasteiger partial charge in [-0.3, -0.25) is 4.79 Å². The molecule has 0 aliphatic carbocycles. The fourth-order valence-corrected chi connectivity index (χ4v) is 1.74. The van der Waals surface area contributed by atoms with Gasteiger partial charge in [-0.05, 0) is 5.56 Å². The zero-order valence-corrected chi connectivity index (χ0v) is 11.4. The van der Waals surface area contributed by atoms with Crippen LogP contribution in [0.5, 0.6) is 11.5 Å². The van der Waals surface area contributed by atoms with E-state index < -0.39 is 0 Å². The maximum atomic E-state index is 11.8. The summed E-state index contributed by atoms with van der Waals surface area (Å²) in [4.78, 5) is 15.9. The van der Waals surface area contributed by atoms with Crippen molar-refractivity contribution in [2.75, 3.05) is 14.2 Å². The van der Waals surface area contributed by atoms with Crippen molar-refractivity contribution in [1.82, 2.24) is 10.3 Å². The van der Waals surface area contributed by atoms with Crippen LogP contribution < -0.4 is 14.8 Å². The average Bonchev–Trinajstić information content (AvgIpc) is 2.52. The summed E-state index contributed by atoms with van der Waals surface area (Å²) >= 11 is 0. The third-order valence-electron chi connectivity index (χ3n) is 2.76. The molecule has 0 unspecified atom stereocenters. The first-order chi connectivity index (χ1) is 9.76. The Morgan fingerprint density at radius 2 is 2.00 bits per heavy atom. The monoisotopic (exact) mass is 272 g/mol. The molecule has 1 aromatic heterocycles. The second kappa shape index (κ2) is 6.56. The number of methoxy groups -OCH3 is 1. The van der Waals surface area contributed by atoms with E-state index >= 15 is 0 Å². The highest BCUT2D eigenvalue weighted by atomic mass is 16.5. The van der Waals surface area contributed by atoms with Crippen molar-refractivity contribution < 1.29 is 14.3 Å². The topological polar surface area (TPSA) is 60.5 Å². The molecule has 2 aromatic rings. The lowest BCUT2D eigenvalue weighted by Crippen LogP contribution is -2.20. The number of carbonyl (C=O) groups excluding carboxylic acids is 1. The lowest BCUT2D eigenvalue weighted by molar-refractivity contribution is 0.0952. The largest absolute Gasteiger partial charge is 0.493 e. The van der Waals surface area contributed by atoms with Gasteiger partial charge in [0.2, 0.25) is 0 Å². The van der Waals surface area contributed by atoms with Gasteiger partial charge >= 0.3 is 0 Å². The molecule has 0 bridgehead atoms. The van der Waals surface area contributed by atoms with Crippen molar-refractivity contribution >= 4 is 5.91 Å². The van der Waals surface area contributed by atoms with Crippen LogP contribution in [-0.2, 0) is 6.61 Å². The van der Waals surface area contributed by atoms with Gasteiger partial charge in [-0.15, -0.1) is 0 Å². The zero-order valence-electron chi connectivity index (χ0n) is 11.4. The molecule has 1 heterocycles. The lowest BCUT2D eigenvalue weighted by Gasteiger charge is -2.13. The van der Waals surface area contributed by atoms with E-state index in [-0.39, 0.29) is 11.6 Å². The summed E-state index contributed by atoms with van der Waals surface area (Å²) in [5.74, 6) is 0.514. The van der Waals surface area contributed by atoms with E-state index in [2.05, 4.69) is 10.3 Å². The van der Waals surface area contributed by atoms with Crippen LogP contribution >= 0.6 is 0 Å². The van der Waals surface area contributed by atoms with Crippen LogP contribution in [0.3, 0.4) is 0 Å². The second-order valence-electron chi connectivity index (χ2n) is 4.04. The summed E-state index contributed by atoms with van der Waals surface area (Å²) in [6, 6.07) is 11.3. The van der Waals surface area contributed by atoms with Crippen molar-refractivity contribution in [3.8, 4) is 11.5 Å². The molecule has 104 valence electrons. The SMILES string of the molecule is CNC(=O)c1nccc(OC)c1OCc1ccccc1. The highest BCUT2D eigenvalue weighted by Gasteiger charge is 2.17. The van der Waals surface area contributed by atoms with Gasteiger partial charge < -0.3 is 14.8 Å². The Bertz CT molecular complexity index is 585. The molecule has 0 aliphatic heterocycles.